The fourth-order valence-corrected chi connectivity index (χ4v) is 8.95. The van der Waals surface area contributed by atoms with Crippen molar-refractivity contribution in [2.45, 2.75) is 117 Å². The Morgan fingerprint density at radius 1 is 0.646 bits per heavy atom. The molecule has 0 aromatic heterocycles. The first-order chi connectivity index (χ1) is 23.1. The maximum absolute atomic E-state index is 13.5. The van der Waals surface area contributed by atoms with Crippen molar-refractivity contribution in [3.8, 4) is 0 Å². The van der Waals surface area contributed by atoms with Crippen molar-refractivity contribution in [3.63, 3.8) is 0 Å². The van der Waals surface area contributed by atoms with Crippen molar-refractivity contribution in [1.82, 2.24) is 0 Å². The molecule has 3 aliphatic carbocycles. The van der Waals surface area contributed by atoms with E-state index in [-0.39, 0.29) is 25.4 Å². The Hall–Kier alpha value is -2.96. The molecule has 3 aliphatic rings. The van der Waals surface area contributed by atoms with Crippen LogP contribution in [0.25, 0.3) is 21.5 Å². The molecule has 0 heterocycles. The SMILES string of the molecule is CC1CCC(C(C)C)C(OCC(=O)OC2CCc3c(ccc4c3ccc3ccccc34)C2OC(=O)COC2CC(C)CCC2C(C)C)C1. The highest BCUT2D eigenvalue weighted by Gasteiger charge is 2.38. The fraction of sp³-hybridized carbons (Fsp3) is 0.619. The summed E-state index contributed by atoms with van der Waals surface area (Å²) in [6.07, 6.45) is 6.64. The third-order valence-electron chi connectivity index (χ3n) is 11.7. The Labute approximate surface area is 287 Å². The van der Waals surface area contributed by atoms with E-state index in [1.54, 1.807) is 0 Å². The van der Waals surface area contributed by atoms with Crippen LogP contribution < -0.4 is 0 Å². The van der Waals surface area contributed by atoms with Gasteiger partial charge in [-0.25, -0.2) is 9.59 Å². The zero-order valence-corrected chi connectivity index (χ0v) is 29.9. The highest BCUT2D eigenvalue weighted by Crippen LogP contribution is 2.41. The van der Waals surface area contributed by atoms with E-state index in [0.717, 1.165) is 48.6 Å². The molecule has 6 rings (SSSR count). The smallest absolute Gasteiger partial charge is 0.332 e. The molecule has 0 saturated heterocycles. The van der Waals surface area contributed by atoms with E-state index in [9.17, 15) is 9.59 Å². The third-order valence-corrected chi connectivity index (χ3v) is 11.7. The van der Waals surface area contributed by atoms with Gasteiger partial charge in [0.05, 0.1) is 12.2 Å². The zero-order chi connectivity index (χ0) is 33.9. The predicted molar refractivity (Wildman–Crippen MR) is 191 cm³/mol. The summed E-state index contributed by atoms with van der Waals surface area (Å²) in [4.78, 5) is 26.9. The summed E-state index contributed by atoms with van der Waals surface area (Å²) in [6, 6.07) is 16.9. The largest absolute Gasteiger partial charge is 0.456 e. The van der Waals surface area contributed by atoms with E-state index < -0.39 is 24.1 Å². The molecule has 8 atom stereocenters. The number of carbonyl (C=O) groups is 2. The zero-order valence-electron chi connectivity index (χ0n) is 29.9. The monoisotopic (exact) mass is 656 g/mol. The minimum absolute atomic E-state index is 0.0418. The number of hydrogen-bond donors (Lipinski definition) is 0. The van der Waals surface area contributed by atoms with Gasteiger partial charge in [0.1, 0.15) is 19.3 Å². The summed E-state index contributed by atoms with van der Waals surface area (Å²) < 4.78 is 24.9. The molecule has 3 aromatic rings. The number of rotatable bonds is 10. The van der Waals surface area contributed by atoms with Crippen LogP contribution in [-0.2, 0) is 35.0 Å². The molecule has 0 radical (unpaired) electrons. The number of fused-ring (bicyclic) bond motifs is 5. The van der Waals surface area contributed by atoms with E-state index in [0.29, 0.717) is 41.9 Å². The van der Waals surface area contributed by atoms with Gasteiger partial charge in [0.2, 0.25) is 0 Å². The molecule has 2 saturated carbocycles. The molecule has 0 spiro atoms. The van der Waals surface area contributed by atoms with Crippen LogP contribution in [0.5, 0.6) is 0 Å². The summed E-state index contributed by atoms with van der Waals surface area (Å²) in [7, 11) is 0. The van der Waals surface area contributed by atoms with Crippen LogP contribution in [0.1, 0.15) is 104 Å². The summed E-state index contributed by atoms with van der Waals surface area (Å²) in [6.45, 7) is 13.3. The normalized spacial score (nSPS) is 29.2. The third kappa shape index (κ3) is 7.75. The average molecular weight is 657 g/mol. The molecule has 0 aliphatic heterocycles. The van der Waals surface area contributed by atoms with Crippen molar-refractivity contribution < 1.29 is 28.5 Å². The number of esters is 2. The minimum Gasteiger partial charge on any atom is -0.456 e. The first-order valence-electron chi connectivity index (χ1n) is 18.6. The number of aryl methyl sites for hydroxylation is 1. The average Bonchev–Trinajstić information content (AvgIpc) is 3.06. The Morgan fingerprint density at radius 2 is 1.23 bits per heavy atom. The molecule has 2 fully saturated rings. The molecule has 8 unspecified atom stereocenters. The van der Waals surface area contributed by atoms with Gasteiger partial charge in [-0.15, -0.1) is 0 Å². The van der Waals surface area contributed by atoms with Crippen molar-refractivity contribution in [1.29, 1.82) is 0 Å². The molecular formula is C42H56O6. The number of hydrogen-bond acceptors (Lipinski definition) is 6. The lowest BCUT2D eigenvalue weighted by Crippen LogP contribution is -2.38. The Kier molecular flexibility index (Phi) is 11.1. The van der Waals surface area contributed by atoms with E-state index in [4.69, 9.17) is 18.9 Å². The van der Waals surface area contributed by atoms with Gasteiger partial charge in [-0.2, -0.15) is 0 Å². The number of ether oxygens (including phenoxy) is 4. The van der Waals surface area contributed by atoms with Gasteiger partial charge < -0.3 is 18.9 Å². The molecule has 0 amide bonds. The maximum Gasteiger partial charge on any atom is 0.332 e. The van der Waals surface area contributed by atoms with Gasteiger partial charge in [-0.3, -0.25) is 0 Å². The topological polar surface area (TPSA) is 71.1 Å². The molecule has 6 nitrogen and oxygen atoms in total. The quantitative estimate of drug-likeness (QED) is 0.160. The molecular weight excluding hydrogens is 600 g/mol. The van der Waals surface area contributed by atoms with E-state index in [2.05, 4.69) is 90.1 Å². The summed E-state index contributed by atoms with van der Waals surface area (Å²) in [5.41, 5.74) is 2.06. The number of benzene rings is 3. The van der Waals surface area contributed by atoms with Crippen LogP contribution in [-0.4, -0.2) is 43.5 Å². The Balaban J connectivity index is 1.21. The van der Waals surface area contributed by atoms with Crippen LogP contribution in [0.15, 0.2) is 48.5 Å². The second-order valence-corrected chi connectivity index (χ2v) is 15.8. The van der Waals surface area contributed by atoms with E-state index in [1.165, 1.54) is 29.0 Å². The minimum atomic E-state index is -0.714. The highest BCUT2D eigenvalue weighted by molar-refractivity contribution is 6.08. The van der Waals surface area contributed by atoms with Crippen molar-refractivity contribution in [3.05, 3.63) is 59.7 Å². The second-order valence-electron chi connectivity index (χ2n) is 15.8. The highest BCUT2D eigenvalue weighted by atomic mass is 16.6. The van der Waals surface area contributed by atoms with Crippen LogP contribution in [0.3, 0.4) is 0 Å². The predicted octanol–water partition coefficient (Wildman–Crippen LogP) is 9.39. The van der Waals surface area contributed by atoms with Gasteiger partial charge in [0, 0.05) is 5.56 Å². The summed E-state index contributed by atoms with van der Waals surface area (Å²) in [5.74, 6) is 2.21. The van der Waals surface area contributed by atoms with Crippen molar-refractivity contribution >= 4 is 33.5 Å². The standard InChI is InChI=1S/C42H56O6/c1-25(2)30-14-11-27(5)21-38(30)45-23-40(43)47-37-20-19-35-34-16-13-29-9-7-8-10-32(29)33(34)17-18-36(35)42(37)48-41(44)24-46-39-22-28(6)12-15-31(39)26(3)4/h7-10,13,16-18,25-28,30-31,37-39,42H,11-12,14-15,19-24H2,1-6H3. The number of carbonyl (C=O) groups excluding carboxylic acids is 2. The van der Waals surface area contributed by atoms with Gasteiger partial charge >= 0.3 is 11.9 Å². The molecule has 48 heavy (non-hydrogen) atoms. The van der Waals surface area contributed by atoms with E-state index in [1.807, 2.05) is 0 Å². The summed E-state index contributed by atoms with van der Waals surface area (Å²) >= 11 is 0. The Bertz CT molecular complexity index is 1580. The van der Waals surface area contributed by atoms with Crippen LogP contribution in [0.4, 0.5) is 0 Å². The van der Waals surface area contributed by atoms with Crippen molar-refractivity contribution in [2.24, 2.45) is 35.5 Å². The summed E-state index contributed by atoms with van der Waals surface area (Å²) in [5, 5.41) is 4.72. The Morgan fingerprint density at radius 3 is 1.85 bits per heavy atom. The molecule has 0 N–H and O–H groups in total. The van der Waals surface area contributed by atoms with Crippen LogP contribution in [0.2, 0.25) is 0 Å². The lowest BCUT2D eigenvalue weighted by atomic mass is 9.75. The molecule has 0 bridgehead atoms. The lowest BCUT2D eigenvalue weighted by molar-refractivity contribution is -0.180. The lowest BCUT2D eigenvalue weighted by Gasteiger charge is -2.37. The molecule has 6 heteroatoms. The van der Waals surface area contributed by atoms with Crippen LogP contribution in [0, 0.1) is 35.5 Å². The molecule has 3 aromatic carbocycles. The van der Waals surface area contributed by atoms with Crippen LogP contribution >= 0.6 is 0 Å². The van der Waals surface area contributed by atoms with Gasteiger partial charge in [-0.1, -0.05) is 103 Å². The maximum atomic E-state index is 13.5. The van der Waals surface area contributed by atoms with Crippen molar-refractivity contribution in [2.75, 3.05) is 13.2 Å². The van der Waals surface area contributed by atoms with E-state index >= 15 is 0 Å². The first kappa shape index (κ1) is 34.9. The second kappa shape index (κ2) is 15.3. The fourth-order valence-electron chi connectivity index (χ4n) is 8.95. The molecule has 260 valence electrons. The van der Waals surface area contributed by atoms with Gasteiger partial charge in [-0.05, 0) is 101 Å². The van der Waals surface area contributed by atoms with Gasteiger partial charge in [0.15, 0.2) is 6.10 Å². The van der Waals surface area contributed by atoms with Gasteiger partial charge in [0.25, 0.3) is 0 Å². The first-order valence-corrected chi connectivity index (χ1v) is 18.6.